The summed E-state index contributed by atoms with van der Waals surface area (Å²) in [5.41, 5.74) is 1.39. The van der Waals surface area contributed by atoms with Crippen molar-refractivity contribution in [2.75, 3.05) is 12.0 Å². The molecule has 0 aliphatic heterocycles. The highest BCUT2D eigenvalue weighted by Crippen LogP contribution is 2.05. The van der Waals surface area contributed by atoms with Crippen LogP contribution in [0.2, 0.25) is 0 Å². The summed E-state index contributed by atoms with van der Waals surface area (Å²) in [4.78, 5) is 0. The summed E-state index contributed by atoms with van der Waals surface area (Å²) in [6.45, 7) is 6.48. The molecule has 3 heteroatoms. The van der Waals surface area contributed by atoms with Crippen LogP contribution in [0.25, 0.3) is 0 Å². The van der Waals surface area contributed by atoms with Gasteiger partial charge >= 0.3 is 0 Å². The number of aromatic nitrogens is 1. The molecule has 0 bridgehead atoms. The summed E-state index contributed by atoms with van der Waals surface area (Å²) in [6, 6.07) is 4.89. The van der Waals surface area contributed by atoms with Crippen molar-refractivity contribution in [3.63, 3.8) is 0 Å². The molecule has 0 aliphatic carbocycles. The average Bonchev–Trinajstić information content (AvgIpc) is 2.63. The van der Waals surface area contributed by atoms with Crippen LogP contribution in [0.5, 0.6) is 0 Å². The third-order valence-electron chi connectivity index (χ3n) is 2.36. The van der Waals surface area contributed by atoms with Crippen LogP contribution in [0.3, 0.4) is 0 Å². The molecule has 0 atom stereocenters. The number of hydrogen-bond donors (Lipinski definition) is 1. The molecule has 1 aromatic rings. The SMILES string of the molecule is CSCCCn1cccc1CNC(C)C. The predicted molar refractivity (Wildman–Crippen MR) is 69.4 cm³/mol. The number of aryl methyl sites for hydroxylation is 1. The van der Waals surface area contributed by atoms with Crippen molar-refractivity contribution >= 4 is 11.8 Å². The second kappa shape index (κ2) is 6.96. The Bertz CT molecular complexity index is 268. The van der Waals surface area contributed by atoms with Gasteiger partial charge in [-0.25, -0.2) is 0 Å². The Morgan fingerprint density at radius 2 is 2.27 bits per heavy atom. The molecule has 15 heavy (non-hydrogen) atoms. The van der Waals surface area contributed by atoms with E-state index < -0.39 is 0 Å². The molecule has 86 valence electrons. The van der Waals surface area contributed by atoms with Crippen molar-refractivity contribution in [2.45, 2.75) is 39.4 Å². The lowest BCUT2D eigenvalue weighted by Gasteiger charge is -2.11. The molecule has 0 unspecified atom stereocenters. The molecule has 0 fully saturated rings. The standard InChI is InChI=1S/C12H22N2S/c1-11(2)13-10-12-6-4-7-14(12)8-5-9-15-3/h4,6-7,11,13H,5,8-10H2,1-3H3. The lowest BCUT2D eigenvalue weighted by Crippen LogP contribution is -2.23. The maximum absolute atomic E-state index is 3.45. The zero-order chi connectivity index (χ0) is 11.1. The zero-order valence-electron chi connectivity index (χ0n) is 9.99. The quantitative estimate of drug-likeness (QED) is 0.720. The first-order chi connectivity index (χ1) is 7.24. The minimum atomic E-state index is 0.555. The summed E-state index contributed by atoms with van der Waals surface area (Å²) in [5, 5.41) is 3.45. The smallest absolute Gasteiger partial charge is 0.0361 e. The molecule has 0 spiro atoms. The zero-order valence-corrected chi connectivity index (χ0v) is 10.8. The van der Waals surface area contributed by atoms with Gasteiger partial charge in [0, 0.05) is 31.0 Å². The molecule has 0 amide bonds. The Balaban J connectivity index is 2.39. The van der Waals surface area contributed by atoms with E-state index in [1.165, 1.54) is 17.9 Å². The van der Waals surface area contributed by atoms with E-state index >= 15 is 0 Å². The lowest BCUT2D eigenvalue weighted by atomic mass is 10.3. The molecule has 2 nitrogen and oxygen atoms in total. The first-order valence-electron chi connectivity index (χ1n) is 5.60. The number of nitrogens with one attached hydrogen (secondary N) is 1. The molecule has 0 saturated carbocycles. The van der Waals surface area contributed by atoms with Gasteiger partial charge in [0.2, 0.25) is 0 Å². The van der Waals surface area contributed by atoms with Gasteiger partial charge in [0.05, 0.1) is 0 Å². The maximum atomic E-state index is 3.45. The third kappa shape index (κ3) is 4.76. The number of nitrogens with zero attached hydrogens (tertiary/aromatic N) is 1. The van der Waals surface area contributed by atoms with Crippen LogP contribution in [0.15, 0.2) is 18.3 Å². The van der Waals surface area contributed by atoms with Crippen molar-refractivity contribution < 1.29 is 0 Å². The summed E-state index contributed by atoms with van der Waals surface area (Å²) in [6.07, 6.45) is 5.60. The van der Waals surface area contributed by atoms with Crippen molar-refractivity contribution in [1.29, 1.82) is 0 Å². The van der Waals surface area contributed by atoms with E-state index in [-0.39, 0.29) is 0 Å². The van der Waals surface area contributed by atoms with Crippen molar-refractivity contribution in [3.05, 3.63) is 24.0 Å². The fourth-order valence-electron chi connectivity index (χ4n) is 1.52. The van der Waals surface area contributed by atoms with Gasteiger partial charge in [-0.1, -0.05) is 13.8 Å². The fourth-order valence-corrected chi connectivity index (χ4v) is 1.93. The van der Waals surface area contributed by atoms with Gasteiger partial charge in [-0.15, -0.1) is 0 Å². The van der Waals surface area contributed by atoms with Crippen LogP contribution in [-0.4, -0.2) is 22.6 Å². The van der Waals surface area contributed by atoms with Crippen molar-refractivity contribution in [2.24, 2.45) is 0 Å². The van der Waals surface area contributed by atoms with Crippen molar-refractivity contribution in [1.82, 2.24) is 9.88 Å². The normalized spacial score (nSPS) is 11.2. The molecule has 1 N–H and O–H groups in total. The van der Waals surface area contributed by atoms with E-state index in [0.29, 0.717) is 6.04 Å². The molecule has 0 aromatic carbocycles. The van der Waals surface area contributed by atoms with Crippen LogP contribution in [0, 0.1) is 0 Å². The summed E-state index contributed by atoms with van der Waals surface area (Å²) < 4.78 is 2.35. The Morgan fingerprint density at radius 3 is 2.93 bits per heavy atom. The molecule has 0 aliphatic rings. The van der Waals surface area contributed by atoms with Gasteiger partial charge in [-0.2, -0.15) is 11.8 Å². The van der Waals surface area contributed by atoms with Crippen LogP contribution in [0.4, 0.5) is 0 Å². The molecule has 1 rings (SSSR count). The summed E-state index contributed by atoms with van der Waals surface area (Å²) in [5.74, 6) is 1.25. The van der Waals surface area contributed by atoms with Gasteiger partial charge in [-0.3, -0.25) is 0 Å². The number of rotatable bonds is 7. The Kier molecular flexibility index (Phi) is 5.88. The Hall–Kier alpha value is -0.410. The summed E-state index contributed by atoms with van der Waals surface area (Å²) in [7, 11) is 0. The lowest BCUT2D eigenvalue weighted by molar-refractivity contribution is 0.553. The monoisotopic (exact) mass is 226 g/mol. The first-order valence-corrected chi connectivity index (χ1v) is 6.99. The van der Waals surface area contributed by atoms with Crippen LogP contribution in [0.1, 0.15) is 26.0 Å². The van der Waals surface area contributed by atoms with Crippen molar-refractivity contribution in [3.8, 4) is 0 Å². The molecule has 1 heterocycles. The molecule has 1 aromatic heterocycles. The Morgan fingerprint density at radius 1 is 1.47 bits per heavy atom. The number of hydrogen-bond acceptors (Lipinski definition) is 2. The minimum absolute atomic E-state index is 0.555. The molecular weight excluding hydrogens is 204 g/mol. The molecule has 0 radical (unpaired) electrons. The summed E-state index contributed by atoms with van der Waals surface area (Å²) >= 11 is 1.92. The topological polar surface area (TPSA) is 17.0 Å². The highest BCUT2D eigenvalue weighted by Gasteiger charge is 2.01. The van der Waals surface area contributed by atoms with Crippen LogP contribution < -0.4 is 5.32 Å². The van der Waals surface area contributed by atoms with E-state index in [4.69, 9.17) is 0 Å². The third-order valence-corrected chi connectivity index (χ3v) is 3.06. The second-order valence-electron chi connectivity index (χ2n) is 4.07. The van der Waals surface area contributed by atoms with E-state index in [1.807, 2.05) is 11.8 Å². The van der Waals surface area contributed by atoms with E-state index in [1.54, 1.807) is 0 Å². The van der Waals surface area contributed by atoms with E-state index in [2.05, 4.69) is 48.3 Å². The molecule has 0 saturated heterocycles. The largest absolute Gasteiger partial charge is 0.350 e. The van der Waals surface area contributed by atoms with Crippen LogP contribution >= 0.6 is 11.8 Å². The average molecular weight is 226 g/mol. The van der Waals surface area contributed by atoms with Gasteiger partial charge in [-0.05, 0) is 30.6 Å². The van der Waals surface area contributed by atoms with Gasteiger partial charge in [0.15, 0.2) is 0 Å². The highest BCUT2D eigenvalue weighted by molar-refractivity contribution is 7.98. The highest BCUT2D eigenvalue weighted by atomic mass is 32.2. The van der Waals surface area contributed by atoms with E-state index in [0.717, 1.165) is 13.1 Å². The van der Waals surface area contributed by atoms with Gasteiger partial charge in [0.25, 0.3) is 0 Å². The first kappa shape index (κ1) is 12.7. The van der Waals surface area contributed by atoms with Crippen LogP contribution in [-0.2, 0) is 13.1 Å². The molecular formula is C12H22N2S. The predicted octanol–water partition coefficient (Wildman–Crippen LogP) is 2.74. The maximum Gasteiger partial charge on any atom is 0.0361 e. The Labute approximate surface area is 97.4 Å². The number of thioether (sulfide) groups is 1. The van der Waals surface area contributed by atoms with E-state index in [9.17, 15) is 0 Å². The second-order valence-corrected chi connectivity index (χ2v) is 5.06. The fraction of sp³-hybridized carbons (Fsp3) is 0.667. The minimum Gasteiger partial charge on any atom is -0.350 e. The van der Waals surface area contributed by atoms with Gasteiger partial charge < -0.3 is 9.88 Å². The van der Waals surface area contributed by atoms with Gasteiger partial charge in [0.1, 0.15) is 0 Å².